The molecule has 0 aliphatic rings. The second-order valence-electron chi connectivity index (χ2n) is 6.54. The fourth-order valence-corrected chi connectivity index (χ4v) is 2.66. The van der Waals surface area contributed by atoms with Crippen LogP contribution in [0.5, 0.6) is 11.5 Å². The highest BCUT2D eigenvalue weighted by Crippen LogP contribution is 2.30. The molecule has 32 heavy (non-hydrogen) atoms. The number of hydrogen-bond donors (Lipinski definition) is 2. The van der Waals surface area contributed by atoms with E-state index in [1.165, 1.54) is 0 Å². The highest BCUT2D eigenvalue weighted by molar-refractivity contribution is 14.0. The summed E-state index contributed by atoms with van der Waals surface area (Å²) in [5.74, 6) is 1.87. The Kier molecular flexibility index (Phi) is 12.2. The minimum atomic E-state index is -4.32. The average Bonchev–Trinajstić information content (AvgIpc) is 2.73. The standard InChI is InChI=1S/C22H28F3N3O3.HI/c1-4-26-21(28-18-10-11-19(31-5-2)20(12-18)29-3)27-13-16-6-8-17(9-7-16)14-30-15-22(23,24)25;/h6-12H,4-5,13-15H2,1-3H3,(H2,26,27,28);1H. The molecule has 0 amide bonds. The molecule has 0 radical (unpaired) electrons. The molecule has 0 fully saturated rings. The SMILES string of the molecule is CCNC(=NCc1ccc(COCC(F)(F)F)cc1)Nc1ccc(OCC)c(OC)c1.I. The number of guanidine groups is 1. The molecule has 2 rings (SSSR count). The number of methoxy groups -OCH3 is 1. The van der Waals surface area contributed by atoms with Gasteiger partial charge in [-0.2, -0.15) is 13.2 Å². The third-order valence-electron chi connectivity index (χ3n) is 4.05. The Hall–Kier alpha value is -2.21. The van der Waals surface area contributed by atoms with Gasteiger partial charge in [0.2, 0.25) is 0 Å². The number of anilines is 1. The van der Waals surface area contributed by atoms with Gasteiger partial charge in [-0.1, -0.05) is 24.3 Å². The largest absolute Gasteiger partial charge is 0.493 e. The smallest absolute Gasteiger partial charge is 0.411 e. The predicted octanol–water partition coefficient (Wildman–Crippen LogP) is 5.37. The normalized spacial score (nSPS) is 11.5. The lowest BCUT2D eigenvalue weighted by molar-refractivity contribution is -0.176. The van der Waals surface area contributed by atoms with Crippen LogP contribution in [0.2, 0.25) is 0 Å². The van der Waals surface area contributed by atoms with Crippen LogP contribution in [0.25, 0.3) is 0 Å². The number of benzene rings is 2. The molecular weight excluding hydrogens is 538 g/mol. The summed E-state index contributed by atoms with van der Waals surface area (Å²) >= 11 is 0. The third kappa shape index (κ3) is 9.94. The van der Waals surface area contributed by atoms with Crippen molar-refractivity contribution in [3.05, 3.63) is 53.6 Å². The first-order chi connectivity index (χ1) is 14.8. The van der Waals surface area contributed by atoms with Gasteiger partial charge in [-0.05, 0) is 37.1 Å². The minimum Gasteiger partial charge on any atom is -0.493 e. The molecule has 10 heteroatoms. The number of alkyl halides is 3. The van der Waals surface area contributed by atoms with E-state index in [9.17, 15) is 13.2 Å². The molecule has 0 saturated carbocycles. The van der Waals surface area contributed by atoms with Crippen LogP contribution in [0, 0.1) is 0 Å². The summed E-state index contributed by atoms with van der Waals surface area (Å²) < 4.78 is 52.0. The van der Waals surface area contributed by atoms with E-state index in [4.69, 9.17) is 9.47 Å². The zero-order valence-electron chi connectivity index (χ0n) is 18.3. The second-order valence-corrected chi connectivity index (χ2v) is 6.54. The molecule has 0 aliphatic heterocycles. The van der Waals surface area contributed by atoms with E-state index in [2.05, 4.69) is 20.4 Å². The van der Waals surface area contributed by atoms with Gasteiger partial charge in [0.25, 0.3) is 0 Å². The third-order valence-corrected chi connectivity index (χ3v) is 4.05. The molecule has 0 aromatic heterocycles. The van der Waals surface area contributed by atoms with Crippen molar-refractivity contribution < 1.29 is 27.4 Å². The van der Waals surface area contributed by atoms with Crippen LogP contribution < -0.4 is 20.1 Å². The van der Waals surface area contributed by atoms with Gasteiger partial charge < -0.3 is 24.8 Å². The fourth-order valence-electron chi connectivity index (χ4n) is 2.66. The van der Waals surface area contributed by atoms with E-state index in [0.29, 0.717) is 42.7 Å². The number of ether oxygens (including phenoxy) is 3. The van der Waals surface area contributed by atoms with Gasteiger partial charge in [0, 0.05) is 18.3 Å². The van der Waals surface area contributed by atoms with Crippen LogP contribution >= 0.6 is 24.0 Å². The van der Waals surface area contributed by atoms with E-state index in [1.807, 2.05) is 44.2 Å². The average molecular weight is 567 g/mol. The quantitative estimate of drug-likeness (QED) is 0.230. The maximum absolute atomic E-state index is 12.1. The molecule has 2 N–H and O–H groups in total. The summed E-state index contributed by atoms with van der Waals surface area (Å²) in [4.78, 5) is 4.56. The summed E-state index contributed by atoms with van der Waals surface area (Å²) in [7, 11) is 1.58. The van der Waals surface area contributed by atoms with Crippen LogP contribution in [-0.4, -0.2) is 39.0 Å². The van der Waals surface area contributed by atoms with Gasteiger partial charge >= 0.3 is 6.18 Å². The van der Waals surface area contributed by atoms with Crippen molar-refractivity contribution in [1.29, 1.82) is 0 Å². The number of halogens is 4. The molecule has 6 nitrogen and oxygen atoms in total. The Morgan fingerprint density at radius 2 is 1.69 bits per heavy atom. The van der Waals surface area contributed by atoms with Gasteiger partial charge in [-0.15, -0.1) is 24.0 Å². The summed E-state index contributed by atoms with van der Waals surface area (Å²) in [5.41, 5.74) is 2.38. The molecular formula is C22H29F3IN3O3. The van der Waals surface area contributed by atoms with Crippen molar-refractivity contribution >= 4 is 35.6 Å². The highest BCUT2D eigenvalue weighted by Gasteiger charge is 2.27. The summed E-state index contributed by atoms with van der Waals surface area (Å²) in [5, 5.41) is 6.40. The van der Waals surface area contributed by atoms with Crippen molar-refractivity contribution in [1.82, 2.24) is 5.32 Å². The lowest BCUT2D eigenvalue weighted by Gasteiger charge is -2.14. The lowest BCUT2D eigenvalue weighted by atomic mass is 10.1. The van der Waals surface area contributed by atoms with Gasteiger partial charge in [-0.3, -0.25) is 0 Å². The zero-order valence-corrected chi connectivity index (χ0v) is 20.6. The molecule has 0 heterocycles. The van der Waals surface area contributed by atoms with Crippen molar-refractivity contribution in [2.24, 2.45) is 4.99 Å². The number of nitrogens with zero attached hydrogens (tertiary/aromatic N) is 1. The molecule has 2 aromatic rings. The summed E-state index contributed by atoms with van der Waals surface area (Å²) in [6.07, 6.45) is -4.32. The molecule has 0 saturated heterocycles. The lowest BCUT2D eigenvalue weighted by Crippen LogP contribution is -2.30. The molecule has 0 bridgehead atoms. The molecule has 0 aliphatic carbocycles. The van der Waals surface area contributed by atoms with Crippen LogP contribution in [0.4, 0.5) is 18.9 Å². The topological polar surface area (TPSA) is 64.1 Å². The Labute approximate surface area is 203 Å². The van der Waals surface area contributed by atoms with E-state index in [0.717, 1.165) is 11.3 Å². The first kappa shape index (κ1) is 27.8. The van der Waals surface area contributed by atoms with E-state index >= 15 is 0 Å². The number of hydrogen-bond acceptors (Lipinski definition) is 4. The van der Waals surface area contributed by atoms with E-state index in [1.54, 1.807) is 19.2 Å². The van der Waals surface area contributed by atoms with E-state index < -0.39 is 12.8 Å². The van der Waals surface area contributed by atoms with E-state index in [-0.39, 0.29) is 30.6 Å². The van der Waals surface area contributed by atoms with Gasteiger partial charge in [0.15, 0.2) is 17.5 Å². The van der Waals surface area contributed by atoms with Crippen molar-refractivity contribution in [2.45, 2.75) is 33.2 Å². The molecule has 2 aromatic carbocycles. The first-order valence-electron chi connectivity index (χ1n) is 9.93. The number of rotatable bonds is 10. The van der Waals surface area contributed by atoms with Crippen LogP contribution in [-0.2, 0) is 17.9 Å². The Balaban J connectivity index is 0.00000512. The van der Waals surface area contributed by atoms with Crippen LogP contribution in [0.15, 0.2) is 47.5 Å². The molecule has 0 atom stereocenters. The summed E-state index contributed by atoms with van der Waals surface area (Å²) in [6.45, 7) is 4.14. The molecule has 0 unspecified atom stereocenters. The Morgan fingerprint density at radius 3 is 2.28 bits per heavy atom. The van der Waals surface area contributed by atoms with Gasteiger partial charge in [0.05, 0.1) is 26.9 Å². The van der Waals surface area contributed by atoms with Crippen molar-refractivity contribution in [2.75, 3.05) is 32.2 Å². The van der Waals surface area contributed by atoms with Crippen molar-refractivity contribution in [3.63, 3.8) is 0 Å². The Morgan fingerprint density at radius 1 is 1.00 bits per heavy atom. The van der Waals surface area contributed by atoms with Gasteiger partial charge in [0.1, 0.15) is 6.61 Å². The first-order valence-corrected chi connectivity index (χ1v) is 9.93. The molecule has 0 spiro atoms. The fraction of sp³-hybridized carbons (Fsp3) is 0.409. The van der Waals surface area contributed by atoms with Gasteiger partial charge in [-0.25, -0.2) is 4.99 Å². The maximum atomic E-state index is 12.1. The number of aliphatic imine (C=N–C) groups is 1. The maximum Gasteiger partial charge on any atom is 0.411 e. The van der Waals surface area contributed by atoms with Crippen LogP contribution in [0.3, 0.4) is 0 Å². The second kappa shape index (κ2) is 14.0. The molecule has 178 valence electrons. The monoisotopic (exact) mass is 567 g/mol. The summed E-state index contributed by atoms with van der Waals surface area (Å²) in [6, 6.07) is 12.6. The van der Waals surface area contributed by atoms with Crippen LogP contribution in [0.1, 0.15) is 25.0 Å². The predicted molar refractivity (Wildman–Crippen MR) is 130 cm³/mol. The highest BCUT2D eigenvalue weighted by atomic mass is 127. The Bertz CT molecular complexity index is 847. The number of nitrogens with one attached hydrogen (secondary N) is 2. The minimum absolute atomic E-state index is 0. The van der Waals surface area contributed by atoms with Crippen molar-refractivity contribution in [3.8, 4) is 11.5 Å². The zero-order chi connectivity index (χ0) is 22.7.